The van der Waals surface area contributed by atoms with Gasteiger partial charge in [-0.15, -0.1) is 0 Å². The Morgan fingerprint density at radius 3 is 2.21 bits per heavy atom. The van der Waals surface area contributed by atoms with E-state index in [0.717, 1.165) is 21.0 Å². The van der Waals surface area contributed by atoms with Gasteiger partial charge in [-0.2, -0.15) is 0 Å². The fourth-order valence-electron chi connectivity index (χ4n) is 4.08. The van der Waals surface area contributed by atoms with Crippen molar-refractivity contribution < 1.29 is 22.7 Å². The van der Waals surface area contributed by atoms with Crippen molar-refractivity contribution in [2.45, 2.75) is 58.1 Å². The van der Waals surface area contributed by atoms with Gasteiger partial charge in [0.1, 0.15) is 18.3 Å². The zero-order valence-corrected chi connectivity index (χ0v) is 24.2. The standard InChI is InChI=1S/C30H37N3O5S/c1-21(2)31-30(35)24(5)32(19-25-11-10-12-27(18-25)38-6)29(34)20-33(26-16-15-22(3)23(4)17-26)39(36,37)28-13-8-7-9-14-28/h7-18,21,24H,19-20H2,1-6H3,(H,31,35). The Kier molecular flexibility index (Phi) is 9.75. The lowest BCUT2D eigenvalue weighted by molar-refractivity contribution is -0.139. The molecule has 0 aliphatic rings. The molecular weight excluding hydrogens is 514 g/mol. The summed E-state index contributed by atoms with van der Waals surface area (Å²) in [6.45, 7) is 8.76. The first-order valence-electron chi connectivity index (χ1n) is 12.8. The van der Waals surface area contributed by atoms with Crippen molar-refractivity contribution in [1.29, 1.82) is 0 Å². The Bertz CT molecular complexity index is 1410. The van der Waals surface area contributed by atoms with Crippen LogP contribution < -0.4 is 14.4 Å². The molecular formula is C30H37N3O5S. The average molecular weight is 552 g/mol. The highest BCUT2D eigenvalue weighted by molar-refractivity contribution is 7.92. The normalized spacial score (nSPS) is 12.1. The lowest BCUT2D eigenvalue weighted by Gasteiger charge is -2.32. The van der Waals surface area contributed by atoms with Crippen LogP contribution in [0.5, 0.6) is 5.75 Å². The molecule has 208 valence electrons. The largest absolute Gasteiger partial charge is 0.497 e. The number of amides is 2. The molecule has 3 aromatic rings. The fraction of sp³-hybridized carbons (Fsp3) is 0.333. The minimum Gasteiger partial charge on any atom is -0.497 e. The molecule has 0 bridgehead atoms. The second-order valence-corrected chi connectivity index (χ2v) is 11.7. The van der Waals surface area contributed by atoms with E-state index in [1.165, 1.54) is 17.0 Å². The Hall–Kier alpha value is -3.85. The van der Waals surface area contributed by atoms with Crippen LogP contribution in [0, 0.1) is 13.8 Å². The second kappa shape index (κ2) is 12.8. The number of hydrogen-bond acceptors (Lipinski definition) is 5. The van der Waals surface area contributed by atoms with E-state index in [1.54, 1.807) is 62.6 Å². The van der Waals surface area contributed by atoms with Gasteiger partial charge in [-0.3, -0.25) is 13.9 Å². The number of sulfonamides is 1. The van der Waals surface area contributed by atoms with Crippen LogP contribution in [0.4, 0.5) is 5.69 Å². The van der Waals surface area contributed by atoms with Crippen LogP contribution in [0.2, 0.25) is 0 Å². The first-order valence-corrected chi connectivity index (χ1v) is 14.3. The van der Waals surface area contributed by atoms with Gasteiger partial charge in [0.2, 0.25) is 11.8 Å². The van der Waals surface area contributed by atoms with E-state index in [-0.39, 0.29) is 23.4 Å². The molecule has 39 heavy (non-hydrogen) atoms. The Morgan fingerprint density at radius 1 is 0.897 bits per heavy atom. The third-order valence-electron chi connectivity index (χ3n) is 6.47. The molecule has 0 aromatic heterocycles. The topological polar surface area (TPSA) is 96.0 Å². The quantitative estimate of drug-likeness (QED) is 0.380. The number of ether oxygens (including phenoxy) is 1. The van der Waals surface area contributed by atoms with Crippen LogP contribution >= 0.6 is 0 Å². The van der Waals surface area contributed by atoms with E-state index in [0.29, 0.717) is 11.4 Å². The maximum Gasteiger partial charge on any atom is 0.264 e. The zero-order valence-electron chi connectivity index (χ0n) is 23.3. The molecule has 0 fully saturated rings. The summed E-state index contributed by atoms with van der Waals surface area (Å²) in [6.07, 6.45) is 0. The summed E-state index contributed by atoms with van der Waals surface area (Å²) in [5.74, 6) is -0.227. The van der Waals surface area contributed by atoms with Crippen molar-refractivity contribution in [3.05, 3.63) is 89.5 Å². The van der Waals surface area contributed by atoms with Gasteiger partial charge in [-0.1, -0.05) is 36.4 Å². The smallest absolute Gasteiger partial charge is 0.264 e. The van der Waals surface area contributed by atoms with Crippen LogP contribution in [0.25, 0.3) is 0 Å². The van der Waals surface area contributed by atoms with Crippen molar-refractivity contribution in [3.63, 3.8) is 0 Å². The molecule has 1 atom stereocenters. The molecule has 0 aliphatic carbocycles. The summed E-state index contributed by atoms with van der Waals surface area (Å²) < 4.78 is 34.1. The van der Waals surface area contributed by atoms with E-state index < -0.39 is 28.5 Å². The molecule has 8 nitrogen and oxygen atoms in total. The monoisotopic (exact) mass is 551 g/mol. The zero-order chi connectivity index (χ0) is 28.7. The number of methoxy groups -OCH3 is 1. The summed E-state index contributed by atoms with van der Waals surface area (Å²) in [5, 5.41) is 2.85. The molecule has 3 rings (SSSR count). The van der Waals surface area contributed by atoms with Crippen LogP contribution in [-0.4, -0.2) is 50.9 Å². The summed E-state index contributed by atoms with van der Waals surface area (Å²) in [6, 6.07) is 19.5. The van der Waals surface area contributed by atoms with Gasteiger partial charge >= 0.3 is 0 Å². The number of anilines is 1. The van der Waals surface area contributed by atoms with Gasteiger partial charge in [0.05, 0.1) is 17.7 Å². The van der Waals surface area contributed by atoms with E-state index in [1.807, 2.05) is 39.8 Å². The van der Waals surface area contributed by atoms with Crippen molar-refractivity contribution >= 4 is 27.5 Å². The maximum atomic E-state index is 14.0. The predicted molar refractivity (Wildman–Crippen MR) is 153 cm³/mol. The maximum absolute atomic E-state index is 14.0. The van der Waals surface area contributed by atoms with Crippen LogP contribution in [0.1, 0.15) is 37.5 Å². The number of carbonyl (C=O) groups is 2. The van der Waals surface area contributed by atoms with Crippen molar-refractivity contribution in [3.8, 4) is 5.75 Å². The Morgan fingerprint density at radius 2 is 1.59 bits per heavy atom. The summed E-state index contributed by atoms with van der Waals surface area (Å²) in [7, 11) is -2.54. The number of rotatable bonds is 11. The van der Waals surface area contributed by atoms with Crippen molar-refractivity contribution in [2.75, 3.05) is 18.0 Å². The first-order chi connectivity index (χ1) is 18.4. The highest BCUT2D eigenvalue weighted by Crippen LogP contribution is 2.26. The lowest BCUT2D eigenvalue weighted by Crippen LogP contribution is -2.52. The second-order valence-electron chi connectivity index (χ2n) is 9.81. The summed E-state index contributed by atoms with van der Waals surface area (Å²) in [5.41, 5.74) is 3.01. The SMILES string of the molecule is COc1cccc(CN(C(=O)CN(c2ccc(C)c(C)c2)S(=O)(=O)c2ccccc2)C(C)C(=O)NC(C)C)c1. The minimum atomic E-state index is -4.10. The number of nitrogens with one attached hydrogen (secondary N) is 1. The van der Waals surface area contributed by atoms with Crippen molar-refractivity contribution in [1.82, 2.24) is 10.2 Å². The average Bonchev–Trinajstić information content (AvgIpc) is 2.91. The molecule has 0 radical (unpaired) electrons. The highest BCUT2D eigenvalue weighted by Gasteiger charge is 2.32. The number of aryl methyl sites for hydroxylation is 2. The van der Waals surface area contributed by atoms with Gasteiger partial charge < -0.3 is 15.0 Å². The Balaban J connectivity index is 2.05. The van der Waals surface area contributed by atoms with Crippen LogP contribution in [0.15, 0.2) is 77.7 Å². The molecule has 3 aromatic carbocycles. The molecule has 1 unspecified atom stereocenters. The highest BCUT2D eigenvalue weighted by atomic mass is 32.2. The molecule has 0 spiro atoms. The molecule has 2 amide bonds. The summed E-state index contributed by atoms with van der Waals surface area (Å²) in [4.78, 5) is 28.4. The van der Waals surface area contributed by atoms with Gasteiger partial charge in [-0.05, 0) is 87.7 Å². The predicted octanol–water partition coefficient (Wildman–Crippen LogP) is 4.45. The van der Waals surface area contributed by atoms with Gasteiger partial charge in [0.15, 0.2) is 0 Å². The minimum absolute atomic E-state index is 0.0703. The molecule has 9 heteroatoms. The Labute approximate surface area is 231 Å². The van der Waals surface area contributed by atoms with Gasteiger partial charge in [0.25, 0.3) is 10.0 Å². The molecule has 0 saturated heterocycles. The molecule has 1 N–H and O–H groups in total. The molecule has 0 saturated carbocycles. The number of benzene rings is 3. The van der Waals surface area contributed by atoms with E-state index in [4.69, 9.17) is 4.74 Å². The third kappa shape index (κ3) is 7.38. The van der Waals surface area contributed by atoms with E-state index >= 15 is 0 Å². The fourth-order valence-corrected chi connectivity index (χ4v) is 5.51. The van der Waals surface area contributed by atoms with Gasteiger partial charge in [0, 0.05) is 12.6 Å². The number of nitrogens with zero attached hydrogens (tertiary/aromatic N) is 2. The molecule has 0 aliphatic heterocycles. The van der Waals surface area contributed by atoms with E-state index in [9.17, 15) is 18.0 Å². The van der Waals surface area contributed by atoms with Crippen molar-refractivity contribution in [2.24, 2.45) is 0 Å². The number of carbonyl (C=O) groups excluding carboxylic acids is 2. The van der Waals surface area contributed by atoms with Gasteiger partial charge in [-0.25, -0.2) is 8.42 Å². The molecule has 0 heterocycles. The van der Waals surface area contributed by atoms with Crippen LogP contribution in [0.3, 0.4) is 0 Å². The van der Waals surface area contributed by atoms with E-state index in [2.05, 4.69) is 5.32 Å². The first kappa shape index (κ1) is 29.7. The lowest BCUT2D eigenvalue weighted by atomic mass is 10.1. The third-order valence-corrected chi connectivity index (χ3v) is 8.26. The van der Waals surface area contributed by atoms with Crippen LogP contribution in [-0.2, 0) is 26.2 Å². The number of hydrogen-bond donors (Lipinski definition) is 1. The summed E-state index contributed by atoms with van der Waals surface area (Å²) >= 11 is 0.